The maximum absolute atomic E-state index is 13.3. The number of imide groups is 1. The third kappa shape index (κ3) is 2.27. The predicted octanol–water partition coefficient (Wildman–Crippen LogP) is 2.48. The van der Waals surface area contributed by atoms with E-state index in [1.54, 1.807) is 24.3 Å². The van der Waals surface area contributed by atoms with Crippen molar-refractivity contribution in [2.45, 2.75) is 5.41 Å². The molecule has 1 heterocycles. The summed E-state index contributed by atoms with van der Waals surface area (Å²) in [7, 11) is 1.20. The highest BCUT2D eigenvalue weighted by molar-refractivity contribution is 6.32. The van der Waals surface area contributed by atoms with Crippen LogP contribution in [0.1, 0.15) is 5.56 Å². The molecule has 1 saturated heterocycles. The summed E-state index contributed by atoms with van der Waals surface area (Å²) in [5.41, 5.74) is -0.797. The number of carbonyl (C=O) groups excluding carboxylic acids is 3. The number of nitro benzene ring substituents is 1. The van der Waals surface area contributed by atoms with Crippen molar-refractivity contribution in [3.8, 4) is 0 Å². The van der Waals surface area contributed by atoms with E-state index in [0.717, 1.165) is 4.90 Å². The zero-order chi connectivity index (χ0) is 20.2. The van der Waals surface area contributed by atoms with E-state index in [0.29, 0.717) is 10.6 Å². The van der Waals surface area contributed by atoms with Crippen molar-refractivity contribution < 1.29 is 24.0 Å². The Morgan fingerprint density at radius 1 is 1.14 bits per heavy atom. The van der Waals surface area contributed by atoms with Crippen LogP contribution >= 0.6 is 11.6 Å². The Morgan fingerprint density at radius 3 is 2.29 bits per heavy atom. The van der Waals surface area contributed by atoms with E-state index in [1.807, 2.05) is 0 Å². The average molecular weight is 401 g/mol. The molecule has 2 aliphatic rings. The van der Waals surface area contributed by atoms with Crippen LogP contribution in [-0.2, 0) is 24.5 Å². The van der Waals surface area contributed by atoms with Crippen molar-refractivity contribution in [1.29, 1.82) is 0 Å². The summed E-state index contributed by atoms with van der Waals surface area (Å²) in [5, 5.41) is 11.3. The number of hydrogen-bond acceptors (Lipinski definition) is 6. The minimum absolute atomic E-state index is 0.159. The van der Waals surface area contributed by atoms with Crippen molar-refractivity contribution in [2.24, 2.45) is 11.8 Å². The lowest BCUT2D eigenvalue weighted by Crippen LogP contribution is -2.40. The first-order valence-corrected chi connectivity index (χ1v) is 8.68. The maximum Gasteiger partial charge on any atom is 0.310 e. The van der Waals surface area contributed by atoms with Gasteiger partial charge >= 0.3 is 5.97 Å². The number of anilines is 1. The fourth-order valence-corrected chi connectivity index (χ4v) is 4.17. The molecule has 0 aromatic heterocycles. The second-order valence-corrected chi connectivity index (χ2v) is 7.04. The molecule has 8 nitrogen and oxygen atoms in total. The summed E-state index contributed by atoms with van der Waals surface area (Å²) in [6.45, 7) is 0. The Balaban J connectivity index is 1.78. The Kier molecular flexibility index (Phi) is 3.97. The van der Waals surface area contributed by atoms with Gasteiger partial charge in [0.15, 0.2) is 0 Å². The standard InChI is InChI=1S/C19H13ClN2O6/c1-28-17(24)15-14-16(23)21(12-6-8-13(9-7-12)22(26)27)18(25)19(14,15)10-2-4-11(20)5-3-10/h2-9,14-15H,1H3/t14-,15+,19+/m0/s1. The van der Waals surface area contributed by atoms with Gasteiger partial charge in [-0.05, 0) is 29.8 Å². The van der Waals surface area contributed by atoms with Gasteiger partial charge in [0.1, 0.15) is 5.41 Å². The molecular weight excluding hydrogens is 388 g/mol. The molecule has 2 fully saturated rings. The van der Waals surface area contributed by atoms with Crippen LogP contribution in [0.15, 0.2) is 48.5 Å². The van der Waals surface area contributed by atoms with Gasteiger partial charge in [-0.2, -0.15) is 0 Å². The van der Waals surface area contributed by atoms with Crippen LogP contribution in [0, 0.1) is 22.0 Å². The van der Waals surface area contributed by atoms with E-state index in [4.69, 9.17) is 16.3 Å². The van der Waals surface area contributed by atoms with Gasteiger partial charge in [-0.25, -0.2) is 4.90 Å². The molecule has 0 unspecified atom stereocenters. The smallest absolute Gasteiger partial charge is 0.310 e. The molecular formula is C19H13ClN2O6. The minimum atomic E-state index is -1.35. The summed E-state index contributed by atoms with van der Waals surface area (Å²) in [6, 6.07) is 11.5. The number of amides is 2. The molecule has 3 atom stereocenters. The van der Waals surface area contributed by atoms with E-state index in [-0.39, 0.29) is 11.4 Å². The molecule has 0 N–H and O–H groups in total. The molecule has 9 heteroatoms. The summed E-state index contributed by atoms with van der Waals surface area (Å²) in [6.07, 6.45) is 0. The van der Waals surface area contributed by atoms with E-state index in [1.165, 1.54) is 31.4 Å². The van der Waals surface area contributed by atoms with Gasteiger partial charge in [0.2, 0.25) is 11.8 Å². The molecule has 1 saturated carbocycles. The summed E-state index contributed by atoms with van der Waals surface area (Å²) in [4.78, 5) is 49.8. The van der Waals surface area contributed by atoms with E-state index in [9.17, 15) is 24.5 Å². The number of benzene rings is 2. The monoisotopic (exact) mass is 400 g/mol. The first-order chi connectivity index (χ1) is 13.3. The average Bonchev–Trinajstić information content (AvgIpc) is 3.33. The van der Waals surface area contributed by atoms with Crippen LogP contribution in [-0.4, -0.2) is 29.8 Å². The normalized spacial score (nSPS) is 25.4. The number of fused-ring (bicyclic) bond motifs is 1. The Morgan fingerprint density at radius 2 is 1.75 bits per heavy atom. The van der Waals surface area contributed by atoms with Crippen LogP contribution in [0.4, 0.5) is 11.4 Å². The fraction of sp³-hybridized carbons (Fsp3) is 0.211. The highest BCUT2D eigenvalue weighted by atomic mass is 35.5. The molecule has 142 valence electrons. The topological polar surface area (TPSA) is 107 Å². The number of nitrogens with zero attached hydrogens (tertiary/aromatic N) is 2. The van der Waals surface area contributed by atoms with Gasteiger partial charge in [-0.3, -0.25) is 24.5 Å². The van der Waals surface area contributed by atoms with Crippen LogP contribution in [0.3, 0.4) is 0 Å². The van der Waals surface area contributed by atoms with Crippen molar-refractivity contribution in [3.05, 3.63) is 69.2 Å². The molecule has 0 spiro atoms. The number of rotatable bonds is 4. The largest absolute Gasteiger partial charge is 0.469 e. The molecule has 4 rings (SSSR count). The van der Waals surface area contributed by atoms with Gasteiger partial charge in [-0.15, -0.1) is 0 Å². The number of carbonyl (C=O) groups is 3. The van der Waals surface area contributed by atoms with Gasteiger partial charge in [-0.1, -0.05) is 23.7 Å². The number of ether oxygens (including phenoxy) is 1. The number of methoxy groups -OCH3 is 1. The lowest BCUT2D eigenvalue weighted by molar-refractivity contribution is -0.384. The van der Waals surface area contributed by atoms with Crippen LogP contribution < -0.4 is 4.90 Å². The first-order valence-electron chi connectivity index (χ1n) is 8.30. The number of piperidine rings is 1. The third-order valence-electron chi connectivity index (χ3n) is 5.34. The second-order valence-electron chi connectivity index (χ2n) is 6.61. The Bertz CT molecular complexity index is 1020. The quantitative estimate of drug-likeness (QED) is 0.338. The van der Waals surface area contributed by atoms with Crippen molar-refractivity contribution in [1.82, 2.24) is 0 Å². The van der Waals surface area contributed by atoms with Crippen LogP contribution in [0.5, 0.6) is 0 Å². The summed E-state index contributed by atoms with van der Waals surface area (Å²) < 4.78 is 4.80. The number of halogens is 1. The zero-order valence-electron chi connectivity index (χ0n) is 14.5. The van der Waals surface area contributed by atoms with Gasteiger partial charge in [0.25, 0.3) is 5.69 Å². The first kappa shape index (κ1) is 18.1. The Labute approximate surface area is 163 Å². The van der Waals surface area contributed by atoms with Gasteiger partial charge in [0.05, 0.1) is 29.6 Å². The SMILES string of the molecule is COC(=O)[C@H]1[C@H]2C(=O)N(c3ccc([N+](=O)[O-])cc3)C(=O)[C@]21c1ccc(Cl)cc1. The molecule has 1 aliphatic heterocycles. The number of esters is 1. The fourth-order valence-electron chi connectivity index (χ4n) is 4.04. The molecule has 2 aromatic carbocycles. The van der Waals surface area contributed by atoms with Crippen molar-refractivity contribution in [3.63, 3.8) is 0 Å². The van der Waals surface area contributed by atoms with Gasteiger partial charge < -0.3 is 4.74 Å². The molecule has 1 aliphatic carbocycles. The van der Waals surface area contributed by atoms with E-state index >= 15 is 0 Å². The Hall–Kier alpha value is -3.26. The number of hydrogen-bond donors (Lipinski definition) is 0. The summed E-state index contributed by atoms with van der Waals surface area (Å²) >= 11 is 5.92. The minimum Gasteiger partial charge on any atom is -0.469 e. The highest BCUT2D eigenvalue weighted by Crippen LogP contribution is 2.66. The number of non-ortho nitro benzene ring substituents is 1. The zero-order valence-corrected chi connectivity index (χ0v) is 15.3. The van der Waals surface area contributed by atoms with Crippen LogP contribution in [0.2, 0.25) is 5.02 Å². The van der Waals surface area contributed by atoms with E-state index < -0.39 is 40.0 Å². The maximum atomic E-state index is 13.3. The van der Waals surface area contributed by atoms with Crippen molar-refractivity contribution >= 4 is 40.8 Å². The lowest BCUT2D eigenvalue weighted by Gasteiger charge is -2.22. The second kappa shape index (κ2) is 6.13. The molecule has 2 aromatic rings. The predicted molar refractivity (Wildman–Crippen MR) is 97.7 cm³/mol. The molecule has 2 amide bonds. The lowest BCUT2D eigenvalue weighted by atomic mass is 9.91. The molecule has 0 radical (unpaired) electrons. The molecule has 0 bridgehead atoms. The van der Waals surface area contributed by atoms with E-state index in [2.05, 4.69) is 0 Å². The van der Waals surface area contributed by atoms with Crippen LogP contribution in [0.25, 0.3) is 0 Å². The summed E-state index contributed by atoms with van der Waals surface area (Å²) in [5.74, 6) is -3.53. The number of nitro groups is 1. The van der Waals surface area contributed by atoms with Crippen molar-refractivity contribution in [2.75, 3.05) is 12.0 Å². The highest BCUT2D eigenvalue weighted by Gasteiger charge is 2.83. The molecule has 28 heavy (non-hydrogen) atoms. The van der Waals surface area contributed by atoms with Gasteiger partial charge in [0, 0.05) is 17.2 Å². The third-order valence-corrected chi connectivity index (χ3v) is 5.60.